The number of carbonyl (C=O) groups is 2. The fourth-order valence-electron chi connectivity index (χ4n) is 1.89. The zero-order valence-corrected chi connectivity index (χ0v) is 11.7. The van der Waals surface area contributed by atoms with Crippen LogP contribution in [0.25, 0.3) is 0 Å². The first-order chi connectivity index (χ1) is 8.46. The second-order valence-corrected chi connectivity index (χ2v) is 5.53. The Morgan fingerprint density at radius 3 is 2.56 bits per heavy atom. The van der Waals surface area contributed by atoms with Crippen LogP contribution in [0.4, 0.5) is 0 Å². The van der Waals surface area contributed by atoms with Gasteiger partial charge in [-0.1, -0.05) is 17.7 Å². The van der Waals surface area contributed by atoms with Crippen molar-refractivity contribution < 1.29 is 14.7 Å². The summed E-state index contributed by atoms with van der Waals surface area (Å²) in [6.07, 6.45) is 1.72. The average molecular weight is 333 g/mol. The largest absolute Gasteiger partial charge is 0.480 e. The molecule has 1 amide bonds. The predicted octanol–water partition coefficient (Wildman–Crippen LogP) is 2.84. The van der Waals surface area contributed by atoms with E-state index in [1.807, 2.05) is 0 Å². The first kappa shape index (κ1) is 13.4. The van der Waals surface area contributed by atoms with Gasteiger partial charge in [0.1, 0.15) is 5.54 Å². The number of carbonyl (C=O) groups excluding carboxylic acids is 1. The molecule has 0 unspecified atom stereocenters. The summed E-state index contributed by atoms with van der Waals surface area (Å²) >= 11 is 9.23. The van der Waals surface area contributed by atoms with Crippen molar-refractivity contribution in [2.24, 2.45) is 0 Å². The molecule has 2 rings (SSSR count). The number of benzene rings is 1. The zero-order chi connectivity index (χ0) is 13.3. The first-order valence-corrected chi connectivity index (χ1v) is 6.63. The van der Waals surface area contributed by atoms with Crippen molar-refractivity contribution in [1.82, 2.24) is 5.32 Å². The molecule has 0 heterocycles. The van der Waals surface area contributed by atoms with Gasteiger partial charge in [-0.3, -0.25) is 4.79 Å². The number of halogens is 2. The third-order valence-electron chi connectivity index (χ3n) is 3.17. The van der Waals surface area contributed by atoms with Crippen molar-refractivity contribution in [3.8, 4) is 0 Å². The third kappa shape index (κ3) is 2.24. The molecule has 0 saturated heterocycles. The van der Waals surface area contributed by atoms with Crippen molar-refractivity contribution in [3.63, 3.8) is 0 Å². The van der Waals surface area contributed by atoms with Crippen LogP contribution >= 0.6 is 27.5 Å². The van der Waals surface area contributed by atoms with Crippen molar-refractivity contribution >= 4 is 39.4 Å². The van der Waals surface area contributed by atoms with Crippen molar-refractivity contribution in [3.05, 3.63) is 33.3 Å². The highest BCUT2D eigenvalue weighted by Gasteiger charge is 2.45. The lowest BCUT2D eigenvalue weighted by Gasteiger charge is -2.38. The second kappa shape index (κ2) is 4.90. The molecule has 0 bridgehead atoms. The van der Waals surface area contributed by atoms with Gasteiger partial charge < -0.3 is 10.4 Å². The summed E-state index contributed by atoms with van der Waals surface area (Å²) in [4.78, 5) is 23.2. The molecule has 1 saturated carbocycles. The molecule has 1 aliphatic carbocycles. The summed E-state index contributed by atoms with van der Waals surface area (Å²) in [5.74, 6) is -1.45. The summed E-state index contributed by atoms with van der Waals surface area (Å²) in [6.45, 7) is 0. The number of carboxylic acid groups (broad SMARTS) is 1. The van der Waals surface area contributed by atoms with Gasteiger partial charge in [0, 0.05) is 4.47 Å². The van der Waals surface area contributed by atoms with E-state index >= 15 is 0 Å². The van der Waals surface area contributed by atoms with E-state index in [1.165, 1.54) is 0 Å². The molecule has 18 heavy (non-hydrogen) atoms. The van der Waals surface area contributed by atoms with Crippen molar-refractivity contribution in [2.45, 2.75) is 24.8 Å². The summed E-state index contributed by atoms with van der Waals surface area (Å²) in [7, 11) is 0. The van der Waals surface area contributed by atoms with Crippen LogP contribution in [0.15, 0.2) is 22.7 Å². The normalized spacial score (nSPS) is 16.8. The zero-order valence-electron chi connectivity index (χ0n) is 9.37. The summed E-state index contributed by atoms with van der Waals surface area (Å²) in [5.41, 5.74) is -0.846. The topological polar surface area (TPSA) is 66.4 Å². The Kier molecular flexibility index (Phi) is 3.64. The van der Waals surface area contributed by atoms with Crippen LogP contribution in [0.1, 0.15) is 29.6 Å². The molecule has 1 aromatic carbocycles. The summed E-state index contributed by atoms with van der Waals surface area (Å²) in [5, 5.41) is 12.0. The Morgan fingerprint density at radius 2 is 2.06 bits per heavy atom. The van der Waals surface area contributed by atoms with Crippen LogP contribution in [0.3, 0.4) is 0 Å². The van der Waals surface area contributed by atoms with Gasteiger partial charge in [-0.2, -0.15) is 0 Å². The minimum Gasteiger partial charge on any atom is -0.480 e. The van der Waals surface area contributed by atoms with Gasteiger partial charge in [0.15, 0.2) is 0 Å². The maximum Gasteiger partial charge on any atom is 0.329 e. The molecule has 0 atom stereocenters. The first-order valence-electron chi connectivity index (χ1n) is 5.46. The minimum absolute atomic E-state index is 0.276. The van der Waals surface area contributed by atoms with E-state index in [4.69, 9.17) is 16.7 Å². The van der Waals surface area contributed by atoms with Gasteiger partial charge in [-0.25, -0.2) is 4.79 Å². The van der Waals surface area contributed by atoms with E-state index in [2.05, 4.69) is 21.2 Å². The molecule has 1 aromatic rings. The Bertz CT molecular complexity index is 514. The van der Waals surface area contributed by atoms with Crippen LogP contribution in [-0.4, -0.2) is 22.5 Å². The van der Waals surface area contributed by atoms with Crippen LogP contribution in [0.2, 0.25) is 5.02 Å². The van der Waals surface area contributed by atoms with Crippen molar-refractivity contribution in [1.29, 1.82) is 0 Å². The number of hydrogen-bond donors (Lipinski definition) is 2. The van der Waals surface area contributed by atoms with E-state index in [0.29, 0.717) is 17.3 Å². The molecule has 0 aliphatic heterocycles. The smallest absolute Gasteiger partial charge is 0.329 e. The third-order valence-corrected chi connectivity index (χ3v) is 4.46. The Hall–Kier alpha value is -1.07. The van der Waals surface area contributed by atoms with Crippen LogP contribution in [0.5, 0.6) is 0 Å². The Balaban J connectivity index is 2.22. The number of rotatable bonds is 3. The van der Waals surface area contributed by atoms with E-state index in [9.17, 15) is 9.59 Å². The number of hydrogen-bond acceptors (Lipinski definition) is 2. The molecule has 2 N–H and O–H groups in total. The molecule has 0 spiro atoms. The molecule has 1 fully saturated rings. The lowest BCUT2D eigenvalue weighted by Crippen LogP contribution is -2.59. The van der Waals surface area contributed by atoms with Crippen LogP contribution < -0.4 is 5.32 Å². The summed E-state index contributed by atoms with van der Waals surface area (Å²) < 4.78 is 0.606. The van der Waals surface area contributed by atoms with Crippen LogP contribution in [-0.2, 0) is 4.79 Å². The number of aliphatic carboxylic acids is 1. The molecule has 0 radical (unpaired) electrons. The highest BCUT2D eigenvalue weighted by molar-refractivity contribution is 9.10. The van der Waals surface area contributed by atoms with Gasteiger partial charge in [0.25, 0.3) is 5.91 Å². The maximum atomic E-state index is 12.1. The molecular weight excluding hydrogens is 321 g/mol. The summed E-state index contributed by atoms with van der Waals surface area (Å²) in [6, 6.07) is 4.96. The fraction of sp³-hybridized carbons (Fsp3) is 0.333. The van der Waals surface area contributed by atoms with Gasteiger partial charge in [-0.05, 0) is 47.3 Å². The quantitative estimate of drug-likeness (QED) is 0.894. The highest BCUT2D eigenvalue weighted by atomic mass is 79.9. The molecule has 0 aromatic heterocycles. The van der Waals surface area contributed by atoms with Gasteiger partial charge in [0.2, 0.25) is 0 Å². The van der Waals surface area contributed by atoms with Gasteiger partial charge in [-0.15, -0.1) is 0 Å². The molecule has 4 nitrogen and oxygen atoms in total. The molecule has 96 valence electrons. The monoisotopic (exact) mass is 331 g/mol. The van der Waals surface area contributed by atoms with Crippen molar-refractivity contribution in [2.75, 3.05) is 0 Å². The Morgan fingerprint density at radius 1 is 1.39 bits per heavy atom. The molecule has 6 heteroatoms. The van der Waals surface area contributed by atoms with Gasteiger partial charge in [0.05, 0.1) is 10.6 Å². The Labute approximate surface area is 117 Å². The number of carboxylic acids is 1. The highest BCUT2D eigenvalue weighted by Crippen LogP contribution is 2.33. The standard InChI is InChI=1S/C12H11BrClNO3/c13-8-4-1-3-7(9(8)14)10(16)15-12(11(17)18)5-2-6-12/h1,3-4H,2,5-6H2,(H,15,16)(H,17,18). The van der Waals surface area contributed by atoms with E-state index < -0.39 is 17.4 Å². The lowest BCUT2D eigenvalue weighted by atomic mass is 9.76. The fourth-order valence-corrected chi connectivity index (χ4v) is 2.46. The average Bonchev–Trinajstić information content (AvgIpc) is 2.26. The molecular formula is C12H11BrClNO3. The van der Waals surface area contributed by atoms with E-state index in [1.54, 1.807) is 18.2 Å². The number of amides is 1. The maximum absolute atomic E-state index is 12.1. The second-order valence-electron chi connectivity index (χ2n) is 4.30. The predicted molar refractivity (Wildman–Crippen MR) is 70.8 cm³/mol. The minimum atomic E-state index is -1.12. The SMILES string of the molecule is O=C(NC1(C(=O)O)CCC1)c1cccc(Br)c1Cl. The van der Waals surface area contributed by atoms with E-state index in [-0.39, 0.29) is 10.6 Å². The van der Waals surface area contributed by atoms with E-state index in [0.717, 1.165) is 6.42 Å². The molecule has 1 aliphatic rings. The van der Waals surface area contributed by atoms with Crippen LogP contribution in [0, 0.1) is 0 Å². The van der Waals surface area contributed by atoms with Gasteiger partial charge >= 0.3 is 5.97 Å². The number of nitrogens with one attached hydrogen (secondary N) is 1. The lowest BCUT2D eigenvalue weighted by molar-refractivity contribution is -0.148.